The molecule has 1 aromatic carbocycles. The largest absolute Gasteiger partial charge is 0.478 e. The molecular weight excluding hydrogens is 359 g/mol. The van der Waals surface area contributed by atoms with Crippen LogP contribution in [0.2, 0.25) is 10.0 Å². The lowest BCUT2D eigenvalue weighted by Gasteiger charge is -2.40. The Hall–Kier alpha value is -0.970. The number of amidine groups is 1. The van der Waals surface area contributed by atoms with Crippen LogP contribution in [-0.2, 0) is 0 Å². The van der Waals surface area contributed by atoms with Crippen LogP contribution in [-0.4, -0.2) is 33.9 Å². The van der Waals surface area contributed by atoms with Gasteiger partial charge in [-0.1, -0.05) is 23.2 Å². The number of rotatable bonds is 2. The number of hydrogen-bond acceptors (Lipinski definition) is 2. The van der Waals surface area contributed by atoms with Gasteiger partial charge in [-0.25, -0.2) is 4.79 Å². The number of piperidine rings is 1. The van der Waals surface area contributed by atoms with Crippen LogP contribution in [0.3, 0.4) is 0 Å². The Morgan fingerprint density at radius 3 is 2.30 bits per heavy atom. The lowest BCUT2D eigenvalue weighted by atomic mass is 9.82. The summed E-state index contributed by atoms with van der Waals surface area (Å²) in [6, 6.07) is 3.74. The van der Waals surface area contributed by atoms with Gasteiger partial charge in [-0.2, -0.15) is 0 Å². The maximum atomic E-state index is 11.6. The molecule has 2 heterocycles. The Morgan fingerprint density at radius 1 is 1.26 bits per heavy atom. The summed E-state index contributed by atoms with van der Waals surface area (Å²) in [7, 11) is 0. The highest BCUT2D eigenvalue weighted by molar-refractivity contribution is 6.35. The van der Waals surface area contributed by atoms with Crippen molar-refractivity contribution in [2.75, 3.05) is 0 Å². The topological polar surface area (TPSA) is 64.4 Å². The van der Waals surface area contributed by atoms with Gasteiger partial charge in [0, 0.05) is 22.1 Å². The van der Waals surface area contributed by atoms with E-state index in [-0.39, 0.29) is 23.9 Å². The van der Waals surface area contributed by atoms with Crippen LogP contribution in [0.5, 0.6) is 0 Å². The van der Waals surface area contributed by atoms with Gasteiger partial charge in [0.1, 0.15) is 0 Å². The summed E-state index contributed by atoms with van der Waals surface area (Å²) in [5, 5.41) is 18.2. The second kappa shape index (κ2) is 6.88. The van der Waals surface area contributed by atoms with Crippen LogP contribution < -0.4 is 0 Å². The third kappa shape index (κ3) is 3.30. The number of hydrogen-bond donors (Lipinski definition) is 2. The monoisotopic (exact) mass is 376 g/mol. The van der Waals surface area contributed by atoms with E-state index in [1.165, 1.54) is 6.07 Å². The van der Waals surface area contributed by atoms with Crippen molar-refractivity contribution in [1.82, 2.24) is 4.90 Å². The number of benzene rings is 1. The van der Waals surface area contributed by atoms with Crippen molar-refractivity contribution < 1.29 is 9.90 Å². The number of carboxylic acid groups (broad SMARTS) is 1. The summed E-state index contributed by atoms with van der Waals surface area (Å²) in [5.74, 6) is -0.270. The average molecular weight is 378 g/mol. The summed E-state index contributed by atoms with van der Waals surface area (Å²) in [4.78, 5) is 13.7. The van der Waals surface area contributed by atoms with E-state index < -0.39 is 5.97 Å². The molecule has 126 valence electrons. The van der Waals surface area contributed by atoms with Gasteiger partial charge in [0.25, 0.3) is 0 Å². The quantitative estimate of drug-likeness (QED) is 0.573. The van der Waals surface area contributed by atoms with Gasteiger partial charge < -0.3 is 10.0 Å². The Kier molecular flexibility index (Phi) is 5.49. The molecule has 2 saturated heterocycles. The molecule has 23 heavy (non-hydrogen) atoms. The van der Waals surface area contributed by atoms with Crippen molar-refractivity contribution in [2.24, 2.45) is 0 Å². The van der Waals surface area contributed by atoms with E-state index in [1.54, 1.807) is 6.07 Å². The van der Waals surface area contributed by atoms with Gasteiger partial charge in [-0.15, -0.1) is 12.4 Å². The zero-order valence-corrected chi connectivity index (χ0v) is 15.0. The molecule has 2 unspecified atom stereocenters. The summed E-state index contributed by atoms with van der Waals surface area (Å²) in [5.41, 5.74) is 0.916. The van der Waals surface area contributed by atoms with Crippen LogP contribution in [0.15, 0.2) is 12.1 Å². The first-order chi connectivity index (χ1) is 10.4. The molecule has 0 amide bonds. The maximum absolute atomic E-state index is 11.6. The van der Waals surface area contributed by atoms with Gasteiger partial charge in [-0.05, 0) is 56.2 Å². The number of carbonyl (C=O) groups is 1. The molecule has 2 atom stereocenters. The summed E-state index contributed by atoms with van der Waals surface area (Å²) < 4.78 is 0. The van der Waals surface area contributed by atoms with E-state index >= 15 is 0 Å². The minimum Gasteiger partial charge on any atom is -0.478 e. The molecule has 2 N–H and O–H groups in total. The first kappa shape index (κ1) is 18.4. The zero-order valence-electron chi connectivity index (χ0n) is 12.7. The van der Waals surface area contributed by atoms with Gasteiger partial charge in [0.05, 0.1) is 11.4 Å². The molecule has 0 radical (unpaired) electrons. The molecule has 0 aromatic heterocycles. The van der Waals surface area contributed by atoms with Crippen LogP contribution in [0.1, 0.15) is 54.4 Å². The minimum atomic E-state index is -0.989. The molecule has 3 rings (SSSR count). The third-order valence-corrected chi connectivity index (χ3v) is 5.38. The molecule has 0 aliphatic carbocycles. The van der Waals surface area contributed by atoms with E-state index in [1.807, 2.05) is 6.92 Å². The summed E-state index contributed by atoms with van der Waals surface area (Å²) in [6.07, 6.45) is 3.80. The molecular formula is C16H19Cl3N2O2. The number of aromatic carboxylic acids is 1. The molecule has 0 saturated carbocycles. The van der Waals surface area contributed by atoms with Crippen molar-refractivity contribution >= 4 is 47.4 Å². The fourth-order valence-electron chi connectivity index (χ4n) is 4.14. The normalized spacial score (nSPS) is 25.9. The smallest absolute Gasteiger partial charge is 0.336 e. The third-order valence-electron chi connectivity index (χ3n) is 4.85. The second-order valence-electron chi connectivity index (χ2n) is 6.20. The van der Waals surface area contributed by atoms with Gasteiger partial charge in [-0.3, -0.25) is 5.41 Å². The van der Waals surface area contributed by atoms with E-state index in [0.29, 0.717) is 33.5 Å². The SMILES string of the molecule is CC(=N)N1C2CCC1CC(c1c(Cl)cc(Cl)cc1C(=O)O)C2.Cl. The molecule has 2 bridgehead atoms. The number of fused-ring (bicyclic) bond motifs is 2. The van der Waals surface area contributed by atoms with Crippen molar-refractivity contribution in [1.29, 1.82) is 5.41 Å². The number of carboxylic acids is 1. The first-order valence-electron chi connectivity index (χ1n) is 7.44. The lowest BCUT2D eigenvalue weighted by molar-refractivity contribution is 0.0694. The Bertz CT molecular complexity index is 636. The van der Waals surface area contributed by atoms with Crippen molar-refractivity contribution in [3.63, 3.8) is 0 Å². The first-order valence-corrected chi connectivity index (χ1v) is 8.19. The molecule has 1 aromatic rings. The number of nitrogens with zero attached hydrogens (tertiary/aromatic N) is 1. The standard InChI is InChI=1S/C16H18Cl2N2O2.ClH/c1-8(19)20-11-2-3-12(20)5-9(4-11)15-13(16(21)22)6-10(17)7-14(15)18;/h6-7,9,11-12,19H,2-5H2,1H3,(H,21,22);1H. The second-order valence-corrected chi connectivity index (χ2v) is 7.04. The molecule has 4 nitrogen and oxygen atoms in total. The fourth-order valence-corrected chi connectivity index (χ4v) is 4.78. The van der Waals surface area contributed by atoms with Crippen molar-refractivity contribution in [3.05, 3.63) is 33.3 Å². The van der Waals surface area contributed by atoms with Crippen LogP contribution in [0.4, 0.5) is 0 Å². The molecule has 7 heteroatoms. The highest BCUT2D eigenvalue weighted by Gasteiger charge is 2.42. The maximum Gasteiger partial charge on any atom is 0.336 e. The lowest BCUT2D eigenvalue weighted by Crippen LogP contribution is -2.44. The molecule has 0 spiro atoms. The summed E-state index contributed by atoms with van der Waals surface area (Å²) >= 11 is 12.3. The Morgan fingerprint density at radius 2 is 1.83 bits per heavy atom. The predicted octanol–water partition coefficient (Wildman–Crippen LogP) is 4.82. The average Bonchev–Trinajstić information content (AvgIpc) is 2.69. The molecule has 2 aliphatic rings. The fraction of sp³-hybridized carbons (Fsp3) is 0.500. The molecule has 2 fully saturated rings. The van der Waals surface area contributed by atoms with Gasteiger partial charge >= 0.3 is 5.97 Å². The van der Waals surface area contributed by atoms with Crippen LogP contribution >= 0.6 is 35.6 Å². The Balaban J connectivity index is 0.00000192. The summed E-state index contributed by atoms with van der Waals surface area (Å²) in [6.45, 7) is 1.82. The zero-order chi connectivity index (χ0) is 16.0. The van der Waals surface area contributed by atoms with Gasteiger partial charge in [0.15, 0.2) is 0 Å². The van der Waals surface area contributed by atoms with Crippen LogP contribution in [0.25, 0.3) is 0 Å². The van der Waals surface area contributed by atoms with E-state index in [9.17, 15) is 9.90 Å². The van der Waals surface area contributed by atoms with Crippen LogP contribution in [0, 0.1) is 5.41 Å². The van der Waals surface area contributed by atoms with E-state index in [0.717, 1.165) is 25.7 Å². The van der Waals surface area contributed by atoms with Gasteiger partial charge in [0.2, 0.25) is 0 Å². The van der Waals surface area contributed by atoms with Crippen molar-refractivity contribution in [3.8, 4) is 0 Å². The minimum absolute atomic E-state index is 0. The van der Waals surface area contributed by atoms with Crippen molar-refractivity contribution in [2.45, 2.75) is 50.6 Å². The highest BCUT2D eigenvalue weighted by Crippen LogP contribution is 2.46. The predicted molar refractivity (Wildman–Crippen MR) is 94.7 cm³/mol. The molecule has 2 aliphatic heterocycles. The van der Waals surface area contributed by atoms with E-state index in [2.05, 4.69) is 4.90 Å². The Labute approximate surface area is 151 Å². The number of halogens is 3. The highest BCUT2D eigenvalue weighted by atomic mass is 35.5. The van der Waals surface area contributed by atoms with E-state index in [4.69, 9.17) is 28.6 Å². The number of nitrogens with one attached hydrogen (secondary N) is 1.